The Hall–Kier alpha value is -0.0800. The van der Waals surface area contributed by atoms with Gasteiger partial charge in [0.25, 0.3) is 0 Å². The van der Waals surface area contributed by atoms with Crippen molar-refractivity contribution in [1.82, 2.24) is 0 Å². The van der Waals surface area contributed by atoms with Crippen LogP contribution < -0.4 is 0 Å². The van der Waals surface area contributed by atoms with Gasteiger partial charge in [-0.05, 0) is 19.3 Å². The van der Waals surface area contributed by atoms with Crippen LogP contribution in [0.25, 0.3) is 0 Å². The van der Waals surface area contributed by atoms with E-state index in [0.29, 0.717) is 0 Å². The van der Waals surface area contributed by atoms with Crippen LogP contribution in [0.5, 0.6) is 0 Å². The highest BCUT2D eigenvalue weighted by molar-refractivity contribution is 4.55. The Morgan fingerprint density at radius 1 is 0.224 bits per heavy atom. The van der Waals surface area contributed by atoms with Gasteiger partial charge in [0.2, 0.25) is 0 Å². The molecule has 0 aliphatic heterocycles. The molecule has 1 N–H and O–H groups in total. The normalized spacial score (nSPS) is 12.3. The van der Waals surface area contributed by atoms with Crippen molar-refractivity contribution in [3.05, 3.63) is 0 Å². The molecule has 0 heterocycles. The van der Waals surface area contributed by atoms with Crippen LogP contribution >= 0.6 is 0 Å². The van der Waals surface area contributed by atoms with E-state index < -0.39 is 6.29 Å². The fourth-order valence-electron chi connectivity index (χ4n) is 9.18. The molecule has 1 unspecified atom stereocenters. The largest absolute Gasteiger partial charge is 0.368 e. The minimum atomic E-state index is -0.538. The van der Waals surface area contributed by atoms with Crippen LogP contribution in [0.15, 0.2) is 0 Å². The third-order valence-corrected chi connectivity index (χ3v) is 13.4. The van der Waals surface area contributed by atoms with Gasteiger partial charge in [-0.15, -0.1) is 0 Å². The molecule has 2 nitrogen and oxygen atoms in total. The first-order valence-corrected chi connectivity index (χ1v) is 28.1. The first kappa shape index (κ1) is 57.9. The van der Waals surface area contributed by atoms with E-state index in [-0.39, 0.29) is 0 Å². The molecule has 0 bridgehead atoms. The van der Waals surface area contributed by atoms with E-state index in [1.807, 2.05) is 0 Å². The van der Waals surface area contributed by atoms with E-state index in [1.54, 1.807) is 0 Å². The molecule has 0 fully saturated rings. The minimum Gasteiger partial charge on any atom is -0.368 e. The zero-order valence-corrected chi connectivity index (χ0v) is 40.9. The molecule has 350 valence electrons. The summed E-state index contributed by atoms with van der Waals surface area (Å²) in [6.07, 6.45) is 73.1. The first-order valence-electron chi connectivity index (χ1n) is 28.1. The van der Waals surface area contributed by atoms with Gasteiger partial charge in [0, 0.05) is 6.61 Å². The molecular formula is C56H114O2. The van der Waals surface area contributed by atoms with Crippen LogP contribution in [0.4, 0.5) is 0 Å². The minimum absolute atomic E-state index is 0.538. The summed E-state index contributed by atoms with van der Waals surface area (Å²) < 4.78 is 5.71. The maximum Gasteiger partial charge on any atom is 0.154 e. The number of hydrogen-bond donors (Lipinski definition) is 1. The SMILES string of the molecule is CCCCCCCCCCCCCCCCCCCCCCCCCCCCOC(O)CCCCCCCCCCCCCCCCCCCCCCCCCCC. The van der Waals surface area contributed by atoms with Crippen LogP contribution in [0.2, 0.25) is 0 Å². The number of hydrogen-bond acceptors (Lipinski definition) is 2. The number of unbranched alkanes of at least 4 members (excludes halogenated alkanes) is 49. The summed E-state index contributed by atoms with van der Waals surface area (Å²) in [7, 11) is 0. The number of ether oxygens (including phenoxy) is 1. The number of aliphatic hydroxyl groups excluding tert-OH is 1. The van der Waals surface area contributed by atoms with Gasteiger partial charge in [0.05, 0.1) is 0 Å². The summed E-state index contributed by atoms with van der Waals surface area (Å²) >= 11 is 0. The molecule has 0 rings (SSSR count). The van der Waals surface area contributed by atoms with E-state index in [0.717, 1.165) is 25.9 Å². The number of rotatable bonds is 54. The van der Waals surface area contributed by atoms with Crippen molar-refractivity contribution in [2.45, 2.75) is 354 Å². The summed E-state index contributed by atoms with van der Waals surface area (Å²) in [5.41, 5.74) is 0. The van der Waals surface area contributed by atoms with Crippen LogP contribution in [0.1, 0.15) is 348 Å². The van der Waals surface area contributed by atoms with Crippen LogP contribution in [-0.2, 0) is 4.74 Å². The van der Waals surface area contributed by atoms with Gasteiger partial charge >= 0.3 is 0 Å². The van der Waals surface area contributed by atoms with Gasteiger partial charge in [-0.1, -0.05) is 328 Å². The second-order valence-electron chi connectivity index (χ2n) is 19.4. The van der Waals surface area contributed by atoms with Gasteiger partial charge in [-0.2, -0.15) is 0 Å². The van der Waals surface area contributed by atoms with Crippen molar-refractivity contribution in [2.24, 2.45) is 0 Å². The molecule has 0 aromatic carbocycles. The summed E-state index contributed by atoms with van der Waals surface area (Å²) in [4.78, 5) is 0. The lowest BCUT2D eigenvalue weighted by atomic mass is 10.0. The molecule has 0 aliphatic rings. The Morgan fingerprint density at radius 3 is 0.569 bits per heavy atom. The molecule has 0 amide bonds. The Balaban J connectivity index is 3.14. The Labute approximate surface area is 369 Å². The first-order chi connectivity index (χ1) is 28.8. The molecular weight excluding hydrogens is 705 g/mol. The van der Waals surface area contributed by atoms with Crippen LogP contribution in [-0.4, -0.2) is 18.0 Å². The highest BCUT2D eigenvalue weighted by Gasteiger charge is 2.04. The quantitative estimate of drug-likeness (QED) is 0.0489. The van der Waals surface area contributed by atoms with Crippen LogP contribution in [0.3, 0.4) is 0 Å². The second-order valence-corrected chi connectivity index (χ2v) is 19.4. The molecule has 0 aromatic rings. The summed E-state index contributed by atoms with van der Waals surface area (Å²) in [6.45, 7) is 5.35. The van der Waals surface area contributed by atoms with Crippen molar-refractivity contribution in [2.75, 3.05) is 6.61 Å². The summed E-state index contributed by atoms with van der Waals surface area (Å²) in [5.74, 6) is 0. The molecule has 0 aromatic heterocycles. The average molecular weight is 820 g/mol. The lowest BCUT2D eigenvalue weighted by Crippen LogP contribution is -2.12. The van der Waals surface area contributed by atoms with Crippen molar-refractivity contribution < 1.29 is 9.84 Å². The third kappa shape index (κ3) is 53.9. The second kappa shape index (κ2) is 54.9. The molecule has 2 heteroatoms. The highest BCUT2D eigenvalue weighted by Crippen LogP contribution is 2.18. The van der Waals surface area contributed by atoms with Gasteiger partial charge in [-0.25, -0.2) is 0 Å². The predicted molar refractivity (Wildman–Crippen MR) is 263 cm³/mol. The van der Waals surface area contributed by atoms with E-state index >= 15 is 0 Å². The lowest BCUT2D eigenvalue weighted by Gasteiger charge is -2.12. The Morgan fingerprint density at radius 2 is 0.379 bits per heavy atom. The van der Waals surface area contributed by atoms with Gasteiger partial charge in [0.15, 0.2) is 6.29 Å². The molecule has 0 saturated carbocycles. The van der Waals surface area contributed by atoms with Gasteiger partial charge in [0.1, 0.15) is 0 Å². The smallest absolute Gasteiger partial charge is 0.154 e. The van der Waals surface area contributed by atoms with E-state index in [1.165, 1.54) is 315 Å². The van der Waals surface area contributed by atoms with E-state index in [4.69, 9.17) is 4.74 Å². The predicted octanol–water partition coefficient (Wildman–Crippen LogP) is 20.6. The fraction of sp³-hybridized carbons (Fsp3) is 1.00. The summed E-state index contributed by atoms with van der Waals surface area (Å²) in [6, 6.07) is 0. The van der Waals surface area contributed by atoms with Crippen molar-refractivity contribution in [3.8, 4) is 0 Å². The van der Waals surface area contributed by atoms with Crippen molar-refractivity contribution in [1.29, 1.82) is 0 Å². The molecule has 0 saturated heterocycles. The molecule has 0 aliphatic carbocycles. The standard InChI is InChI=1S/C56H114O2/c1-3-5-7-9-11-13-15-17-19-21-23-25-27-29-31-33-35-37-39-41-43-45-47-49-51-53-55-58-56(57)54-52-50-48-46-44-42-40-38-36-34-32-30-28-26-24-22-20-18-16-14-12-10-8-6-4-2/h56-57H,3-55H2,1-2H3. The number of aliphatic hydroxyl groups is 1. The van der Waals surface area contributed by atoms with E-state index in [2.05, 4.69) is 13.8 Å². The average Bonchev–Trinajstić information content (AvgIpc) is 3.23. The topological polar surface area (TPSA) is 29.5 Å². The van der Waals surface area contributed by atoms with Gasteiger partial charge < -0.3 is 9.84 Å². The molecule has 58 heavy (non-hydrogen) atoms. The zero-order chi connectivity index (χ0) is 41.8. The lowest BCUT2D eigenvalue weighted by molar-refractivity contribution is -0.105. The molecule has 0 radical (unpaired) electrons. The Kier molecular flexibility index (Phi) is 54.9. The van der Waals surface area contributed by atoms with E-state index in [9.17, 15) is 5.11 Å². The highest BCUT2D eigenvalue weighted by atomic mass is 16.6. The monoisotopic (exact) mass is 819 g/mol. The molecule has 0 spiro atoms. The van der Waals surface area contributed by atoms with Crippen molar-refractivity contribution >= 4 is 0 Å². The molecule has 1 atom stereocenters. The summed E-state index contributed by atoms with van der Waals surface area (Å²) in [5, 5.41) is 10.2. The van der Waals surface area contributed by atoms with Crippen molar-refractivity contribution in [3.63, 3.8) is 0 Å². The maximum atomic E-state index is 10.2. The third-order valence-electron chi connectivity index (χ3n) is 13.4. The fourth-order valence-corrected chi connectivity index (χ4v) is 9.18. The van der Waals surface area contributed by atoms with Gasteiger partial charge in [-0.3, -0.25) is 0 Å². The maximum absolute atomic E-state index is 10.2. The Bertz CT molecular complexity index is 678. The van der Waals surface area contributed by atoms with Crippen LogP contribution in [0, 0.1) is 0 Å². The zero-order valence-electron chi connectivity index (χ0n) is 40.9.